The molecule has 2 aromatic carbocycles. The number of ether oxygens (including phenoxy) is 1. The number of benzene rings is 2. The summed E-state index contributed by atoms with van der Waals surface area (Å²) in [5.74, 6) is -1.15. The van der Waals surface area contributed by atoms with Gasteiger partial charge in [-0.15, -0.1) is 0 Å². The highest BCUT2D eigenvalue weighted by atomic mass is 79.9. The number of aliphatic imine (C=N–C) groups is 1. The Morgan fingerprint density at radius 2 is 1.77 bits per heavy atom. The molecular formula is C26H26BrNO3. The van der Waals surface area contributed by atoms with Crippen LogP contribution in [0.4, 0.5) is 0 Å². The lowest BCUT2D eigenvalue weighted by Crippen LogP contribution is -2.38. The molecule has 3 atom stereocenters. The molecule has 0 fully saturated rings. The highest BCUT2D eigenvalue weighted by molar-refractivity contribution is 9.10. The van der Waals surface area contributed by atoms with E-state index in [4.69, 9.17) is 9.73 Å². The third-order valence-corrected chi connectivity index (χ3v) is 6.47. The Morgan fingerprint density at radius 3 is 2.45 bits per heavy atom. The minimum Gasteiger partial charge on any atom is -0.462 e. The maximum atomic E-state index is 13.5. The van der Waals surface area contributed by atoms with E-state index in [-0.39, 0.29) is 29.7 Å². The molecule has 0 radical (unpaired) electrons. The van der Waals surface area contributed by atoms with Crippen molar-refractivity contribution in [1.29, 1.82) is 0 Å². The molecule has 1 aliphatic heterocycles. The molecule has 1 heterocycles. The largest absolute Gasteiger partial charge is 0.462 e. The number of carbonyl (C=O) groups excluding carboxylic acids is 2. The first-order chi connectivity index (χ1) is 14.8. The third-order valence-electron chi connectivity index (χ3n) is 5.97. The van der Waals surface area contributed by atoms with Gasteiger partial charge in [-0.25, -0.2) is 0 Å². The van der Waals surface area contributed by atoms with Crippen LogP contribution in [0.3, 0.4) is 0 Å². The molecule has 0 saturated heterocycles. The molecule has 2 aliphatic rings. The molecular weight excluding hydrogens is 454 g/mol. The van der Waals surface area contributed by atoms with E-state index in [0.29, 0.717) is 24.1 Å². The molecule has 4 nitrogen and oxygen atoms in total. The Balaban J connectivity index is 1.80. The minimum absolute atomic E-state index is 0.0682. The van der Waals surface area contributed by atoms with Crippen LogP contribution in [0.25, 0.3) is 0 Å². The van der Waals surface area contributed by atoms with Crippen molar-refractivity contribution in [3.8, 4) is 0 Å². The first-order valence-electron chi connectivity index (χ1n) is 10.7. The topological polar surface area (TPSA) is 55.7 Å². The quantitative estimate of drug-likeness (QED) is 0.507. The fraction of sp³-hybridized carbons (Fsp3) is 0.346. The first kappa shape index (κ1) is 21.7. The van der Waals surface area contributed by atoms with Gasteiger partial charge in [0.25, 0.3) is 0 Å². The van der Waals surface area contributed by atoms with Crippen LogP contribution in [-0.2, 0) is 14.3 Å². The van der Waals surface area contributed by atoms with E-state index in [0.717, 1.165) is 21.3 Å². The number of ketones is 1. The Hall–Kier alpha value is -2.53. The van der Waals surface area contributed by atoms with Crippen LogP contribution in [-0.4, -0.2) is 23.6 Å². The van der Waals surface area contributed by atoms with Crippen LogP contribution in [0.5, 0.6) is 0 Å². The number of nitrogens with zero attached hydrogens (tertiary/aromatic N) is 1. The molecule has 31 heavy (non-hydrogen) atoms. The second kappa shape index (κ2) is 8.91. The van der Waals surface area contributed by atoms with Crippen molar-refractivity contribution in [3.63, 3.8) is 0 Å². The number of allylic oxidation sites excluding steroid dienone is 2. The smallest absolute Gasteiger partial charge is 0.315 e. The van der Waals surface area contributed by atoms with Crippen molar-refractivity contribution in [2.75, 3.05) is 0 Å². The van der Waals surface area contributed by atoms with Gasteiger partial charge in [0.05, 0.1) is 6.10 Å². The monoisotopic (exact) mass is 479 g/mol. The summed E-state index contributed by atoms with van der Waals surface area (Å²) in [5.41, 5.74) is 4.25. The average molecular weight is 480 g/mol. The predicted octanol–water partition coefficient (Wildman–Crippen LogP) is 5.98. The highest BCUT2D eigenvalue weighted by Crippen LogP contribution is 2.47. The van der Waals surface area contributed by atoms with E-state index >= 15 is 0 Å². The molecule has 4 rings (SSSR count). The minimum atomic E-state index is -0.604. The zero-order chi connectivity index (χ0) is 22.1. The summed E-state index contributed by atoms with van der Waals surface area (Å²) in [6.45, 7) is 5.54. The standard InChI is InChI=1S/C26H26BrNO3/c1-15(2)31-26(30)23-16(3)28-21-13-19(17-8-5-4-6-9-17)14-22(29)25(21)24(23)18-10-7-11-20(27)12-18/h4-12,15,19,23-24H,13-14H2,1-3H3/t19-,23?,24+/m1/s1. The molecule has 5 heteroatoms. The number of rotatable bonds is 4. The average Bonchev–Trinajstić information content (AvgIpc) is 2.72. The van der Waals surface area contributed by atoms with E-state index in [2.05, 4.69) is 28.1 Å². The molecule has 0 saturated carbocycles. The number of hydrogen-bond acceptors (Lipinski definition) is 4. The van der Waals surface area contributed by atoms with Gasteiger partial charge in [0.1, 0.15) is 5.92 Å². The number of halogens is 1. The summed E-state index contributed by atoms with van der Waals surface area (Å²) in [6, 6.07) is 18.0. The van der Waals surface area contributed by atoms with Gasteiger partial charge in [-0.2, -0.15) is 0 Å². The third kappa shape index (κ3) is 4.42. The van der Waals surface area contributed by atoms with Crippen molar-refractivity contribution in [2.45, 2.75) is 51.6 Å². The van der Waals surface area contributed by atoms with Crippen molar-refractivity contribution in [3.05, 3.63) is 81.5 Å². The molecule has 160 valence electrons. The predicted molar refractivity (Wildman–Crippen MR) is 125 cm³/mol. The molecule has 0 N–H and O–H groups in total. The normalized spacial score (nSPS) is 23.5. The van der Waals surface area contributed by atoms with Crippen molar-refractivity contribution in [2.24, 2.45) is 10.9 Å². The number of hydrogen-bond donors (Lipinski definition) is 0. The van der Waals surface area contributed by atoms with Crippen molar-refractivity contribution >= 4 is 33.4 Å². The van der Waals surface area contributed by atoms with Gasteiger partial charge in [-0.05, 0) is 56.4 Å². The second-order valence-electron chi connectivity index (χ2n) is 8.55. The summed E-state index contributed by atoms with van der Waals surface area (Å²) >= 11 is 3.54. The lowest BCUT2D eigenvalue weighted by atomic mass is 9.69. The molecule has 2 aromatic rings. The number of Topliss-reactive ketones (excluding diaryl/α,β-unsaturated/α-hetero) is 1. The highest BCUT2D eigenvalue weighted by Gasteiger charge is 2.44. The van der Waals surface area contributed by atoms with Gasteiger partial charge in [0.2, 0.25) is 0 Å². The molecule has 0 bridgehead atoms. The van der Waals surface area contributed by atoms with Crippen LogP contribution >= 0.6 is 15.9 Å². The van der Waals surface area contributed by atoms with Crippen LogP contribution in [0, 0.1) is 5.92 Å². The van der Waals surface area contributed by atoms with E-state index in [1.165, 1.54) is 0 Å². The number of esters is 1. The maximum Gasteiger partial charge on any atom is 0.315 e. The summed E-state index contributed by atoms with van der Waals surface area (Å²) in [7, 11) is 0. The Labute approximate surface area is 191 Å². The van der Waals surface area contributed by atoms with E-state index in [1.54, 1.807) is 0 Å². The van der Waals surface area contributed by atoms with Crippen molar-refractivity contribution < 1.29 is 14.3 Å². The summed E-state index contributed by atoms with van der Waals surface area (Å²) < 4.78 is 6.49. The lowest BCUT2D eigenvalue weighted by Gasteiger charge is -2.36. The molecule has 0 spiro atoms. The maximum absolute atomic E-state index is 13.5. The summed E-state index contributed by atoms with van der Waals surface area (Å²) in [6.07, 6.45) is 0.885. The van der Waals surface area contributed by atoms with Crippen LogP contribution in [0.2, 0.25) is 0 Å². The van der Waals surface area contributed by atoms with Gasteiger partial charge >= 0.3 is 5.97 Å². The van der Waals surface area contributed by atoms with Crippen LogP contribution in [0.1, 0.15) is 56.6 Å². The zero-order valence-electron chi connectivity index (χ0n) is 18.0. The Bertz CT molecular complexity index is 1070. The van der Waals surface area contributed by atoms with Gasteiger partial charge in [0, 0.05) is 33.8 Å². The molecule has 0 aromatic heterocycles. The molecule has 1 aliphatic carbocycles. The van der Waals surface area contributed by atoms with Gasteiger partial charge in [-0.3, -0.25) is 14.6 Å². The fourth-order valence-electron chi connectivity index (χ4n) is 4.69. The molecule has 1 unspecified atom stereocenters. The SMILES string of the molecule is CC1=NC2=C(C(=O)C[C@H](c3ccccc3)C2)[C@@H](c2cccc(Br)c2)C1C(=O)OC(C)C. The summed E-state index contributed by atoms with van der Waals surface area (Å²) in [5, 5.41) is 0. The fourth-order valence-corrected chi connectivity index (χ4v) is 5.11. The first-order valence-corrected chi connectivity index (χ1v) is 11.5. The Kier molecular flexibility index (Phi) is 6.24. The van der Waals surface area contributed by atoms with Crippen molar-refractivity contribution in [1.82, 2.24) is 0 Å². The Morgan fingerprint density at radius 1 is 1.06 bits per heavy atom. The van der Waals surface area contributed by atoms with E-state index in [9.17, 15) is 9.59 Å². The lowest BCUT2D eigenvalue weighted by molar-refractivity contribution is -0.150. The van der Waals surface area contributed by atoms with Gasteiger partial charge in [0.15, 0.2) is 5.78 Å². The van der Waals surface area contributed by atoms with Gasteiger partial charge < -0.3 is 4.74 Å². The molecule has 0 amide bonds. The second-order valence-corrected chi connectivity index (χ2v) is 9.46. The van der Waals surface area contributed by atoms with E-state index in [1.807, 2.05) is 63.2 Å². The van der Waals surface area contributed by atoms with Crippen LogP contribution in [0.15, 0.2) is 75.3 Å². The zero-order valence-corrected chi connectivity index (χ0v) is 19.6. The number of carbonyl (C=O) groups is 2. The summed E-state index contributed by atoms with van der Waals surface area (Å²) in [4.78, 5) is 31.4. The van der Waals surface area contributed by atoms with E-state index < -0.39 is 5.92 Å². The van der Waals surface area contributed by atoms with Crippen LogP contribution < -0.4 is 0 Å². The van der Waals surface area contributed by atoms with Gasteiger partial charge in [-0.1, -0.05) is 58.4 Å².